The number of alkyl carbamates (subject to hydrolysis) is 1. The summed E-state index contributed by atoms with van der Waals surface area (Å²) in [5.74, 6) is -1.03. The van der Waals surface area contributed by atoms with Gasteiger partial charge in [-0.05, 0) is 33.6 Å². The molecule has 0 saturated carbocycles. The molecule has 0 aliphatic rings. The van der Waals surface area contributed by atoms with Gasteiger partial charge < -0.3 is 20.9 Å². The zero-order valence-corrected chi connectivity index (χ0v) is 11.2. The maximum atomic E-state index is 11.2. The van der Waals surface area contributed by atoms with Crippen molar-refractivity contribution in [3.05, 3.63) is 0 Å². The predicted octanol–water partition coefficient (Wildman–Crippen LogP) is 1.12. The number of carboxylic acids is 1. The van der Waals surface area contributed by atoms with Gasteiger partial charge in [0.1, 0.15) is 11.6 Å². The minimum Gasteiger partial charge on any atom is -0.480 e. The van der Waals surface area contributed by atoms with E-state index in [4.69, 9.17) is 15.6 Å². The minimum absolute atomic E-state index is 0. The van der Waals surface area contributed by atoms with Crippen molar-refractivity contribution in [2.45, 2.75) is 45.3 Å². The minimum atomic E-state index is -1.03. The number of halogens is 1. The third-order valence-corrected chi connectivity index (χ3v) is 1.68. The molecule has 0 bridgehead atoms. The van der Waals surface area contributed by atoms with E-state index in [0.717, 1.165) is 0 Å². The van der Waals surface area contributed by atoms with E-state index in [0.29, 0.717) is 19.4 Å². The van der Waals surface area contributed by atoms with Crippen LogP contribution < -0.4 is 11.1 Å². The summed E-state index contributed by atoms with van der Waals surface area (Å²) in [5, 5.41) is 11.0. The first-order valence-electron chi connectivity index (χ1n) is 5.17. The Morgan fingerprint density at radius 1 is 1.41 bits per heavy atom. The van der Waals surface area contributed by atoms with Gasteiger partial charge in [0, 0.05) is 6.54 Å². The van der Waals surface area contributed by atoms with E-state index in [9.17, 15) is 9.59 Å². The van der Waals surface area contributed by atoms with Crippen LogP contribution in [0, 0.1) is 0 Å². The molecule has 0 unspecified atom stereocenters. The largest absolute Gasteiger partial charge is 0.480 e. The van der Waals surface area contributed by atoms with Crippen molar-refractivity contribution in [1.29, 1.82) is 0 Å². The van der Waals surface area contributed by atoms with E-state index in [2.05, 4.69) is 5.32 Å². The first kappa shape index (κ1) is 18.4. The molecule has 1 atom stereocenters. The molecule has 0 rings (SSSR count). The monoisotopic (exact) mass is 268 g/mol. The number of carbonyl (C=O) groups excluding carboxylic acids is 1. The number of amides is 1. The molecule has 0 aromatic heterocycles. The van der Waals surface area contributed by atoms with Crippen molar-refractivity contribution >= 4 is 24.5 Å². The summed E-state index contributed by atoms with van der Waals surface area (Å²) in [7, 11) is 0. The molecule has 0 heterocycles. The number of hydrogen-bond acceptors (Lipinski definition) is 4. The average molecular weight is 269 g/mol. The summed E-state index contributed by atoms with van der Waals surface area (Å²) in [6.07, 6.45) is 0.328. The number of rotatable bonds is 5. The Bertz CT molecular complexity index is 253. The first-order valence-corrected chi connectivity index (χ1v) is 5.17. The molecular formula is C10H21ClN2O4. The lowest BCUT2D eigenvalue weighted by atomic mass is 10.2. The van der Waals surface area contributed by atoms with Gasteiger partial charge in [0.05, 0.1) is 0 Å². The summed E-state index contributed by atoms with van der Waals surface area (Å²) < 4.78 is 4.99. The highest BCUT2D eigenvalue weighted by molar-refractivity contribution is 5.85. The maximum absolute atomic E-state index is 11.2. The number of carbonyl (C=O) groups is 2. The van der Waals surface area contributed by atoms with Gasteiger partial charge in [0.2, 0.25) is 0 Å². The third kappa shape index (κ3) is 11.3. The maximum Gasteiger partial charge on any atom is 0.407 e. The lowest BCUT2D eigenvalue weighted by Crippen LogP contribution is -2.34. The number of aliphatic carboxylic acids is 1. The Morgan fingerprint density at radius 3 is 2.35 bits per heavy atom. The van der Waals surface area contributed by atoms with Crippen LogP contribution in [0.25, 0.3) is 0 Å². The highest BCUT2D eigenvalue weighted by Crippen LogP contribution is 2.06. The Labute approximate surface area is 107 Å². The molecule has 17 heavy (non-hydrogen) atoms. The highest BCUT2D eigenvalue weighted by Gasteiger charge is 2.16. The van der Waals surface area contributed by atoms with Gasteiger partial charge in [-0.1, -0.05) is 0 Å². The van der Waals surface area contributed by atoms with E-state index in [1.165, 1.54) is 0 Å². The average Bonchev–Trinajstić information content (AvgIpc) is 2.08. The van der Waals surface area contributed by atoms with Crippen molar-refractivity contribution in [1.82, 2.24) is 5.32 Å². The quantitative estimate of drug-likeness (QED) is 0.649. The SMILES string of the molecule is CC(C)(C)OC(=O)NCCC[C@H](N)C(=O)O.Cl. The lowest BCUT2D eigenvalue weighted by molar-refractivity contribution is -0.138. The topological polar surface area (TPSA) is 102 Å². The zero-order valence-electron chi connectivity index (χ0n) is 10.4. The molecule has 0 aliphatic heterocycles. The summed E-state index contributed by atoms with van der Waals surface area (Å²) in [6, 6.07) is -0.875. The molecule has 0 radical (unpaired) electrons. The van der Waals surface area contributed by atoms with Crippen LogP contribution >= 0.6 is 12.4 Å². The van der Waals surface area contributed by atoms with Gasteiger partial charge in [-0.25, -0.2) is 4.79 Å². The third-order valence-electron chi connectivity index (χ3n) is 1.68. The van der Waals surface area contributed by atoms with E-state index < -0.39 is 23.7 Å². The fourth-order valence-electron chi connectivity index (χ4n) is 0.950. The van der Waals surface area contributed by atoms with Crippen LogP contribution in [0.4, 0.5) is 4.79 Å². The second-order valence-corrected chi connectivity index (χ2v) is 4.52. The van der Waals surface area contributed by atoms with Crippen LogP contribution in [0.3, 0.4) is 0 Å². The van der Waals surface area contributed by atoms with Gasteiger partial charge in [0.25, 0.3) is 0 Å². The fraction of sp³-hybridized carbons (Fsp3) is 0.800. The lowest BCUT2D eigenvalue weighted by Gasteiger charge is -2.19. The smallest absolute Gasteiger partial charge is 0.407 e. The molecule has 4 N–H and O–H groups in total. The van der Waals surface area contributed by atoms with Crippen LogP contribution in [0.5, 0.6) is 0 Å². The van der Waals surface area contributed by atoms with Gasteiger partial charge in [0.15, 0.2) is 0 Å². The van der Waals surface area contributed by atoms with Crippen LogP contribution in [0.2, 0.25) is 0 Å². The number of nitrogens with two attached hydrogens (primary N) is 1. The second kappa shape index (κ2) is 8.14. The molecule has 0 aromatic rings. The molecule has 0 fully saturated rings. The Balaban J connectivity index is 0. The number of nitrogens with one attached hydrogen (secondary N) is 1. The van der Waals surface area contributed by atoms with Crippen LogP contribution in [-0.4, -0.2) is 35.4 Å². The molecule has 0 aromatic carbocycles. The van der Waals surface area contributed by atoms with E-state index in [1.807, 2.05) is 0 Å². The Hall–Kier alpha value is -1.01. The number of ether oxygens (including phenoxy) is 1. The molecule has 0 saturated heterocycles. The van der Waals surface area contributed by atoms with E-state index in [-0.39, 0.29) is 12.4 Å². The molecule has 102 valence electrons. The molecule has 6 nitrogen and oxygen atoms in total. The van der Waals surface area contributed by atoms with Crippen molar-refractivity contribution in [3.63, 3.8) is 0 Å². The molecular weight excluding hydrogens is 248 g/mol. The Morgan fingerprint density at radius 2 is 1.94 bits per heavy atom. The molecule has 7 heteroatoms. The normalized spacial score (nSPS) is 12.2. The first-order chi connectivity index (χ1) is 7.22. The van der Waals surface area contributed by atoms with Gasteiger partial charge in [-0.15, -0.1) is 12.4 Å². The van der Waals surface area contributed by atoms with Crippen LogP contribution in [0.15, 0.2) is 0 Å². The van der Waals surface area contributed by atoms with Gasteiger partial charge >= 0.3 is 12.1 Å². The fourth-order valence-corrected chi connectivity index (χ4v) is 0.950. The predicted molar refractivity (Wildman–Crippen MR) is 66.3 cm³/mol. The van der Waals surface area contributed by atoms with Gasteiger partial charge in [-0.3, -0.25) is 4.79 Å². The summed E-state index contributed by atoms with van der Waals surface area (Å²) >= 11 is 0. The molecule has 0 spiro atoms. The molecule has 1 amide bonds. The standard InChI is InChI=1S/C10H20N2O4.ClH/c1-10(2,3)16-9(15)12-6-4-5-7(11)8(13)14;/h7H,4-6,11H2,1-3H3,(H,12,15)(H,13,14);1H/t7-;/m0./s1. The van der Waals surface area contributed by atoms with Crippen molar-refractivity contribution in [2.75, 3.05) is 6.54 Å². The Kier molecular flexibility index (Phi) is 8.79. The van der Waals surface area contributed by atoms with Crippen molar-refractivity contribution in [3.8, 4) is 0 Å². The summed E-state index contributed by atoms with van der Waals surface area (Å²) in [4.78, 5) is 21.5. The number of carboxylic acid groups (broad SMARTS) is 1. The van der Waals surface area contributed by atoms with Crippen LogP contribution in [-0.2, 0) is 9.53 Å². The highest BCUT2D eigenvalue weighted by atomic mass is 35.5. The van der Waals surface area contributed by atoms with Crippen molar-refractivity contribution in [2.24, 2.45) is 5.73 Å². The summed E-state index contributed by atoms with van der Waals surface area (Å²) in [5.41, 5.74) is 4.77. The second-order valence-electron chi connectivity index (χ2n) is 4.52. The van der Waals surface area contributed by atoms with E-state index >= 15 is 0 Å². The van der Waals surface area contributed by atoms with Crippen molar-refractivity contribution < 1.29 is 19.4 Å². The van der Waals surface area contributed by atoms with E-state index in [1.54, 1.807) is 20.8 Å². The summed E-state index contributed by atoms with van der Waals surface area (Å²) in [6.45, 7) is 5.67. The molecule has 0 aliphatic carbocycles. The zero-order chi connectivity index (χ0) is 12.8. The van der Waals surface area contributed by atoms with Gasteiger partial charge in [-0.2, -0.15) is 0 Å². The van der Waals surface area contributed by atoms with Crippen LogP contribution in [0.1, 0.15) is 33.6 Å². The number of hydrogen-bond donors (Lipinski definition) is 3.